The van der Waals surface area contributed by atoms with Gasteiger partial charge in [-0.15, -0.1) is 0 Å². The van der Waals surface area contributed by atoms with Gasteiger partial charge < -0.3 is 20.1 Å². The van der Waals surface area contributed by atoms with Gasteiger partial charge in [-0.05, 0) is 60.7 Å². The SMILES string of the molecule is Cc1cc2c(cc1C(F)(F)F)N(C(=O)[O-])CCCC2NCc1cc(C(F)(F)F)cc(C(F)(F)F)c1. The number of aryl methyl sites for hydroxylation is 1. The molecule has 192 valence electrons. The molecule has 1 heterocycles. The number of rotatable bonds is 3. The van der Waals surface area contributed by atoms with Crippen LogP contribution >= 0.6 is 0 Å². The minimum atomic E-state index is -5.04. The van der Waals surface area contributed by atoms with Crippen LogP contribution in [0.3, 0.4) is 0 Å². The van der Waals surface area contributed by atoms with E-state index < -0.39 is 53.9 Å². The molecule has 0 saturated heterocycles. The van der Waals surface area contributed by atoms with Crippen molar-refractivity contribution in [1.29, 1.82) is 0 Å². The Kier molecular flexibility index (Phi) is 7.04. The number of hydrogen-bond donors (Lipinski definition) is 1. The van der Waals surface area contributed by atoms with Crippen LogP contribution in [0.4, 0.5) is 50.0 Å². The van der Waals surface area contributed by atoms with E-state index in [2.05, 4.69) is 5.32 Å². The average molecular weight is 513 g/mol. The van der Waals surface area contributed by atoms with Gasteiger partial charge in [0.1, 0.15) is 6.09 Å². The first-order valence-electron chi connectivity index (χ1n) is 10.2. The highest BCUT2D eigenvalue weighted by Gasteiger charge is 2.38. The third kappa shape index (κ3) is 6.00. The van der Waals surface area contributed by atoms with Crippen molar-refractivity contribution in [2.75, 3.05) is 11.4 Å². The average Bonchev–Trinajstić information content (AvgIpc) is 2.88. The van der Waals surface area contributed by atoms with Crippen LogP contribution in [-0.4, -0.2) is 12.6 Å². The highest BCUT2D eigenvalue weighted by molar-refractivity contribution is 5.86. The number of amides is 1. The summed E-state index contributed by atoms with van der Waals surface area (Å²) < 4.78 is 119. The number of carbonyl (C=O) groups is 1. The van der Waals surface area contributed by atoms with Gasteiger partial charge in [0.05, 0.1) is 16.7 Å². The smallest absolute Gasteiger partial charge is 0.416 e. The number of alkyl halides is 9. The second-order valence-corrected chi connectivity index (χ2v) is 8.13. The Labute approximate surface area is 193 Å². The van der Waals surface area contributed by atoms with Crippen molar-refractivity contribution in [3.8, 4) is 0 Å². The predicted octanol–water partition coefficient (Wildman–Crippen LogP) is 5.83. The van der Waals surface area contributed by atoms with Crippen LogP contribution < -0.4 is 15.3 Å². The molecule has 0 spiro atoms. The third-order valence-corrected chi connectivity index (χ3v) is 5.64. The van der Waals surface area contributed by atoms with Crippen molar-refractivity contribution < 1.29 is 49.4 Å². The number of nitrogens with one attached hydrogen (secondary N) is 1. The first kappa shape index (κ1) is 26.6. The number of halogens is 9. The fraction of sp³-hybridized carbons (Fsp3) is 0.409. The highest BCUT2D eigenvalue weighted by Crippen LogP contribution is 2.41. The normalized spacial score (nSPS) is 17.2. The van der Waals surface area contributed by atoms with E-state index in [1.54, 1.807) is 0 Å². The lowest BCUT2D eigenvalue weighted by Crippen LogP contribution is -2.42. The number of carbonyl (C=O) groups excluding carboxylic acids is 1. The first-order valence-corrected chi connectivity index (χ1v) is 10.2. The van der Waals surface area contributed by atoms with Crippen molar-refractivity contribution in [3.63, 3.8) is 0 Å². The van der Waals surface area contributed by atoms with Crippen molar-refractivity contribution in [1.82, 2.24) is 5.32 Å². The van der Waals surface area contributed by atoms with Crippen molar-refractivity contribution in [2.24, 2.45) is 0 Å². The monoisotopic (exact) mass is 513 g/mol. The molecule has 3 rings (SSSR count). The maximum Gasteiger partial charge on any atom is 0.416 e. The second-order valence-electron chi connectivity index (χ2n) is 8.13. The number of benzene rings is 2. The number of hydrogen-bond acceptors (Lipinski definition) is 3. The van der Waals surface area contributed by atoms with Gasteiger partial charge in [-0.2, -0.15) is 39.5 Å². The van der Waals surface area contributed by atoms with Crippen LogP contribution in [0, 0.1) is 6.92 Å². The summed E-state index contributed by atoms with van der Waals surface area (Å²) in [7, 11) is 0. The fourth-order valence-electron chi connectivity index (χ4n) is 4.03. The summed E-state index contributed by atoms with van der Waals surface area (Å²) in [5.74, 6) is 0. The molecule has 13 heteroatoms. The van der Waals surface area contributed by atoms with Gasteiger partial charge in [-0.1, -0.05) is 6.07 Å². The Morgan fingerprint density at radius 2 is 1.51 bits per heavy atom. The molecule has 0 aromatic heterocycles. The van der Waals surface area contributed by atoms with E-state index in [0.29, 0.717) is 23.1 Å². The molecular weight excluding hydrogens is 495 g/mol. The molecule has 2 aromatic rings. The van der Waals surface area contributed by atoms with Crippen LogP contribution in [-0.2, 0) is 25.1 Å². The van der Waals surface area contributed by atoms with Gasteiger partial charge in [0.15, 0.2) is 0 Å². The number of carboxylic acid groups (broad SMARTS) is 1. The minimum Gasteiger partial charge on any atom is -0.530 e. The summed E-state index contributed by atoms with van der Waals surface area (Å²) in [6.45, 7) is 0.481. The molecule has 1 amide bonds. The zero-order valence-electron chi connectivity index (χ0n) is 18.0. The summed E-state index contributed by atoms with van der Waals surface area (Å²) in [5, 5.41) is 14.3. The Morgan fingerprint density at radius 3 is 2.00 bits per heavy atom. The number of fused-ring (bicyclic) bond motifs is 1. The molecule has 0 aliphatic carbocycles. The summed E-state index contributed by atoms with van der Waals surface area (Å²) in [6, 6.07) is 2.01. The van der Waals surface area contributed by atoms with E-state index >= 15 is 0 Å². The van der Waals surface area contributed by atoms with E-state index in [1.807, 2.05) is 0 Å². The molecule has 4 nitrogen and oxygen atoms in total. The van der Waals surface area contributed by atoms with Crippen molar-refractivity contribution in [2.45, 2.75) is 50.9 Å². The van der Waals surface area contributed by atoms with E-state index in [0.717, 1.165) is 13.0 Å². The molecular formula is C22H18F9N2O2-. The molecule has 1 atom stereocenters. The largest absolute Gasteiger partial charge is 0.530 e. The lowest BCUT2D eigenvalue weighted by Gasteiger charge is -2.28. The van der Waals surface area contributed by atoms with Gasteiger partial charge in [0.2, 0.25) is 0 Å². The van der Waals surface area contributed by atoms with Gasteiger partial charge >= 0.3 is 18.5 Å². The lowest BCUT2D eigenvalue weighted by atomic mass is 9.95. The van der Waals surface area contributed by atoms with Gasteiger partial charge in [-0.25, -0.2) is 0 Å². The zero-order chi connectivity index (χ0) is 26.3. The van der Waals surface area contributed by atoms with Gasteiger partial charge in [0.25, 0.3) is 0 Å². The second kappa shape index (κ2) is 9.25. The number of nitrogens with zero attached hydrogens (tertiary/aromatic N) is 1. The Bertz CT molecular complexity index is 1080. The lowest BCUT2D eigenvalue weighted by molar-refractivity contribution is -0.246. The zero-order valence-corrected chi connectivity index (χ0v) is 18.0. The molecule has 0 fully saturated rings. The molecule has 35 heavy (non-hydrogen) atoms. The molecule has 0 radical (unpaired) electrons. The van der Waals surface area contributed by atoms with Crippen LogP contribution in [0.2, 0.25) is 0 Å². The number of anilines is 1. The summed E-state index contributed by atoms with van der Waals surface area (Å²) in [6.07, 6.45) is -16.3. The third-order valence-electron chi connectivity index (χ3n) is 5.64. The Morgan fingerprint density at radius 1 is 0.943 bits per heavy atom. The molecule has 1 aliphatic rings. The van der Waals surface area contributed by atoms with Crippen LogP contribution in [0.5, 0.6) is 0 Å². The quantitative estimate of drug-likeness (QED) is 0.526. The van der Waals surface area contributed by atoms with E-state index in [1.165, 1.54) is 0 Å². The maximum atomic E-state index is 13.4. The van der Waals surface area contributed by atoms with E-state index in [4.69, 9.17) is 0 Å². The summed E-state index contributed by atoms with van der Waals surface area (Å²) in [5.41, 5.74) is -4.84. The first-order chi connectivity index (χ1) is 16.0. The minimum absolute atomic E-state index is 0.00971. The molecule has 1 unspecified atom stereocenters. The van der Waals surface area contributed by atoms with Crippen LogP contribution in [0.1, 0.15) is 52.3 Å². The topological polar surface area (TPSA) is 55.4 Å². The standard InChI is InChI=1S/C22H19F9N2O2/c1-11-5-15-17(3-2-4-33(19(34)35)18(15)9-16(11)22(29,30)31)32-10-12-6-13(20(23,24)25)8-14(7-12)21(26,27)28/h5-9,17,32H,2-4,10H2,1H3,(H,34,35)/p-1. The molecule has 1 N–H and O–H groups in total. The van der Waals surface area contributed by atoms with Crippen LogP contribution in [0.25, 0.3) is 0 Å². The predicted molar refractivity (Wildman–Crippen MR) is 104 cm³/mol. The van der Waals surface area contributed by atoms with Crippen LogP contribution in [0.15, 0.2) is 30.3 Å². The van der Waals surface area contributed by atoms with Crippen molar-refractivity contribution >= 4 is 11.8 Å². The Balaban J connectivity index is 2.01. The van der Waals surface area contributed by atoms with Gasteiger partial charge in [-0.3, -0.25) is 0 Å². The summed E-state index contributed by atoms with van der Waals surface area (Å²) in [4.78, 5) is 12.2. The summed E-state index contributed by atoms with van der Waals surface area (Å²) >= 11 is 0. The van der Waals surface area contributed by atoms with Crippen molar-refractivity contribution in [3.05, 3.63) is 63.7 Å². The van der Waals surface area contributed by atoms with Gasteiger partial charge in [0, 0.05) is 24.8 Å². The fourth-order valence-corrected chi connectivity index (χ4v) is 4.03. The highest BCUT2D eigenvalue weighted by atomic mass is 19.4. The van der Waals surface area contributed by atoms with E-state index in [-0.39, 0.29) is 47.8 Å². The Hall–Kier alpha value is -2.96. The van der Waals surface area contributed by atoms with E-state index in [9.17, 15) is 49.4 Å². The molecule has 2 aromatic carbocycles. The molecule has 0 saturated carbocycles. The molecule has 1 aliphatic heterocycles. The maximum absolute atomic E-state index is 13.4. The molecule has 0 bridgehead atoms.